The van der Waals surface area contributed by atoms with Gasteiger partial charge in [0.05, 0.1) is 0 Å². The number of hydrogen-bond donors (Lipinski definition) is 0. The lowest BCUT2D eigenvalue weighted by Gasteiger charge is -1.96. The van der Waals surface area contributed by atoms with Crippen molar-refractivity contribution >= 4 is 15.9 Å². The Morgan fingerprint density at radius 2 is 2.08 bits per heavy atom. The van der Waals surface area contributed by atoms with E-state index < -0.39 is 10.9 Å². The van der Waals surface area contributed by atoms with E-state index in [1.54, 1.807) is 0 Å². The molecule has 72 valence electrons. The maximum atomic E-state index is 12.5. The topological polar surface area (TPSA) is 0 Å². The first-order valence-electron chi connectivity index (χ1n) is 4.32. The van der Waals surface area contributed by atoms with Crippen molar-refractivity contribution in [3.63, 3.8) is 0 Å². The smallest absolute Gasteiger partial charge is 0.205 e. The number of unbranched alkanes of at least 4 members (excludes halogenated alkanes) is 4. The zero-order valence-corrected chi connectivity index (χ0v) is 8.91. The van der Waals surface area contributed by atoms with Gasteiger partial charge in [-0.1, -0.05) is 26.2 Å². The molecule has 1 atom stereocenters. The second-order valence-corrected chi connectivity index (χ2v) is 3.54. The molecule has 0 nitrogen and oxygen atoms in total. The first-order chi connectivity index (χ1) is 5.68. The minimum atomic E-state index is -1.62. The van der Waals surface area contributed by atoms with E-state index in [9.17, 15) is 8.78 Å². The molecule has 3 heteroatoms. The van der Waals surface area contributed by atoms with Crippen molar-refractivity contribution in [2.75, 3.05) is 0 Å². The monoisotopic (exact) mass is 240 g/mol. The van der Waals surface area contributed by atoms with Gasteiger partial charge >= 0.3 is 0 Å². The molecule has 0 aromatic rings. The molecule has 1 unspecified atom stereocenters. The molecule has 0 spiro atoms. The lowest BCUT2D eigenvalue weighted by Crippen LogP contribution is -1.87. The third kappa shape index (κ3) is 6.77. The Morgan fingerprint density at radius 3 is 2.58 bits per heavy atom. The maximum absolute atomic E-state index is 12.5. The summed E-state index contributed by atoms with van der Waals surface area (Å²) in [4.78, 5) is 0. The van der Waals surface area contributed by atoms with E-state index in [0.717, 1.165) is 19.3 Å². The van der Waals surface area contributed by atoms with Crippen LogP contribution in [0, 0.1) is 0 Å². The molecule has 0 fully saturated rings. The highest BCUT2D eigenvalue weighted by Gasteiger charge is 2.05. The van der Waals surface area contributed by atoms with Crippen molar-refractivity contribution in [2.45, 2.75) is 44.1 Å². The highest BCUT2D eigenvalue weighted by molar-refractivity contribution is 9.09. The summed E-state index contributed by atoms with van der Waals surface area (Å²) in [7, 11) is 0. The molecule has 0 saturated carbocycles. The van der Waals surface area contributed by atoms with Gasteiger partial charge in [-0.15, -0.1) is 0 Å². The van der Waals surface area contributed by atoms with Gasteiger partial charge in [0.15, 0.2) is 0 Å². The predicted octanol–water partition coefficient (Wildman–Crippen LogP) is 4.50. The van der Waals surface area contributed by atoms with Gasteiger partial charge in [-0.05, 0) is 34.8 Å². The fraction of sp³-hybridized carbons (Fsp3) is 0.778. The Morgan fingerprint density at radius 1 is 1.42 bits per heavy atom. The lowest BCUT2D eigenvalue weighted by atomic mass is 10.1. The summed E-state index contributed by atoms with van der Waals surface area (Å²) >= 11 is 2.51. The molecule has 0 radical (unpaired) electrons. The fourth-order valence-electron chi connectivity index (χ4n) is 0.900. The van der Waals surface area contributed by atoms with Gasteiger partial charge < -0.3 is 0 Å². The molecule has 0 heterocycles. The quantitative estimate of drug-likeness (QED) is 0.474. The second kappa shape index (κ2) is 7.71. The number of rotatable bonds is 6. The normalized spacial score (nSPS) is 14.8. The predicted molar refractivity (Wildman–Crippen MR) is 51.8 cm³/mol. The number of halogens is 3. The van der Waals surface area contributed by atoms with Gasteiger partial charge in [0.25, 0.3) is 0 Å². The third-order valence-electron chi connectivity index (χ3n) is 1.61. The Labute approximate surface area is 81.2 Å². The molecule has 0 saturated heterocycles. The molecule has 12 heavy (non-hydrogen) atoms. The highest BCUT2D eigenvalue weighted by atomic mass is 79.9. The Balaban J connectivity index is 3.34. The summed E-state index contributed by atoms with van der Waals surface area (Å²) in [6.07, 6.45) is 6.33. The molecule has 0 amide bonds. The van der Waals surface area contributed by atoms with E-state index >= 15 is 0 Å². The van der Waals surface area contributed by atoms with Crippen LogP contribution in [-0.2, 0) is 0 Å². The summed E-state index contributed by atoms with van der Waals surface area (Å²) < 4.78 is 24.6. The van der Waals surface area contributed by atoms with Crippen LogP contribution >= 0.6 is 15.9 Å². The SMILES string of the molecule is CCCCCCC=C(F)C(F)Br. The minimum Gasteiger partial charge on any atom is -0.227 e. The first kappa shape index (κ1) is 12.1. The first-order valence-corrected chi connectivity index (χ1v) is 5.23. The van der Waals surface area contributed by atoms with Crippen LogP contribution in [0.25, 0.3) is 0 Å². The van der Waals surface area contributed by atoms with Crippen LogP contribution in [0.2, 0.25) is 0 Å². The van der Waals surface area contributed by atoms with Gasteiger partial charge in [-0.2, -0.15) is 0 Å². The summed E-state index contributed by atoms with van der Waals surface area (Å²) in [5.41, 5.74) is 0. The van der Waals surface area contributed by atoms with Crippen molar-refractivity contribution in [1.29, 1.82) is 0 Å². The Kier molecular flexibility index (Phi) is 7.77. The van der Waals surface area contributed by atoms with Gasteiger partial charge in [-0.25, -0.2) is 8.78 Å². The van der Waals surface area contributed by atoms with Crippen molar-refractivity contribution < 1.29 is 8.78 Å². The van der Waals surface area contributed by atoms with Crippen LogP contribution in [0.4, 0.5) is 8.78 Å². The van der Waals surface area contributed by atoms with Gasteiger partial charge in [0, 0.05) is 0 Å². The standard InChI is InChI=1S/C9H15BrF2/c1-2-3-4-5-6-7-8(11)9(10)12/h7,9H,2-6H2,1H3. The molecular weight excluding hydrogens is 226 g/mol. The van der Waals surface area contributed by atoms with E-state index in [2.05, 4.69) is 22.9 Å². The van der Waals surface area contributed by atoms with E-state index in [1.165, 1.54) is 12.5 Å². The molecule has 0 N–H and O–H groups in total. The van der Waals surface area contributed by atoms with Gasteiger partial charge in [-0.3, -0.25) is 0 Å². The Bertz CT molecular complexity index is 132. The number of hydrogen-bond acceptors (Lipinski definition) is 0. The van der Waals surface area contributed by atoms with Crippen LogP contribution < -0.4 is 0 Å². The lowest BCUT2D eigenvalue weighted by molar-refractivity contribution is 0.428. The number of alkyl halides is 2. The molecule has 0 aromatic carbocycles. The second-order valence-electron chi connectivity index (χ2n) is 2.74. The molecule has 0 bridgehead atoms. The fourth-order valence-corrected chi connectivity index (χ4v) is 1.09. The van der Waals surface area contributed by atoms with E-state index in [1.807, 2.05) is 0 Å². The highest BCUT2D eigenvalue weighted by Crippen LogP contribution is 2.16. The number of allylic oxidation sites excluding steroid dienone is 2. The van der Waals surface area contributed by atoms with Crippen molar-refractivity contribution in [2.24, 2.45) is 0 Å². The van der Waals surface area contributed by atoms with Crippen molar-refractivity contribution in [3.8, 4) is 0 Å². The third-order valence-corrected chi connectivity index (χ3v) is 2.04. The van der Waals surface area contributed by atoms with E-state index in [0.29, 0.717) is 6.42 Å². The summed E-state index contributed by atoms with van der Waals surface area (Å²) in [5, 5.41) is -1.62. The van der Waals surface area contributed by atoms with Crippen LogP contribution in [0.15, 0.2) is 11.9 Å². The average molecular weight is 241 g/mol. The molecule has 0 aliphatic carbocycles. The largest absolute Gasteiger partial charge is 0.227 e. The zero-order valence-electron chi connectivity index (χ0n) is 7.32. The summed E-state index contributed by atoms with van der Waals surface area (Å²) in [5.74, 6) is -0.702. The van der Waals surface area contributed by atoms with Crippen LogP contribution in [0.1, 0.15) is 39.0 Å². The van der Waals surface area contributed by atoms with Crippen LogP contribution in [0.3, 0.4) is 0 Å². The molecule has 0 aromatic heterocycles. The van der Waals surface area contributed by atoms with E-state index in [4.69, 9.17) is 0 Å². The molecule has 0 rings (SSSR count). The average Bonchev–Trinajstić information content (AvgIpc) is 2.03. The summed E-state index contributed by atoms with van der Waals surface area (Å²) in [6.45, 7) is 2.12. The van der Waals surface area contributed by atoms with Crippen LogP contribution in [-0.4, -0.2) is 5.08 Å². The van der Waals surface area contributed by atoms with Gasteiger partial charge in [0.1, 0.15) is 5.83 Å². The molecule has 0 aliphatic rings. The zero-order chi connectivity index (χ0) is 9.40. The van der Waals surface area contributed by atoms with Crippen molar-refractivity contribution in [1.82, 2.24) is 0 Å². The summed E-state index contributed by atoms with van der Waals surface area (Å²) in [6, 6.07) is 0. The van der Waals surface area contributed by atoms with Crippen LogP contribution in [0.5, 0.6) is 0 Å². The van der Waals surface area contributed by atoms with Gasteiger partial charge in [0.2, 0.25) is 5.08 Å². The minimum absolute atomic E-state index is 0.637. The molecular formula is C9H15BrF2. The Hall–Kier alpha value is 0.0800. The molecule has 0 aliphatic heterocycles. The van der Waals surface area contributed by atoms with E-state index in [-0.39, 0.29) is 0 Å². The van der Waals surface area contributed by atoms with Crippen molar-refractivity contribution in [3.05, 3.63) is 11.9 Å². The maximum Gasteiger partial charge on any atom is 0.205 e.